The molecule has 0 aliphatic rings. The molecule has 2 N–H and O–H groups in total. The minimum atomic E-state index is 0.651. The Morgan fingerprint density at radius 2 is 1.67 bits per heavy atom. The van der Waals surface area contributed by atoms with E-state index < -0.39 is 0 Å². The minimum Gasteiger partial charge on any atom is -0.362 e. The zero-order chi connectivity index (χ0) is 18.8. The molecule has 0 aliphatic heterocycles. The molecule has 0 radical (unpaired) electrons. The van der Waals surface area contributed by atoms with Crippen LogP contribution >= 0.6 is 0 Å². The van der Waals surface area contributed by atoms with E-state index in [1.54, 1.807) is 12.4 Å². The molecule has 2 aromatic carbocycles. The molecule has 4 aromatic rings. The van der Waals surface area contributed by atoms with Gasteiger partial charge in [0.2, 0.25) is 0 Å². The van der Waals surface area contributed by atoms with Crippen LogP contribution in [0.15, 0.2) is 67.0 Å². The Bertz CT molecular complexity index is 1080. The molecule has 2 aromatic heterocycles. The van der Waals surface area contributed by atoms with Crippen LogP contribution in [0.4, 0.5) is 11.5 Å². The molecule has 0 saturated carbocycles. The molecule has 6 nitrogen and oxygen atoms in total. The average molecular weight is 357 g/mol. The highest BCUT2D eigenvalue weighted by Crippen LogP contribution is 2.31. The smallest absolute Gasteiger partial charge is 0.163 e. The fourth-order valence-corrected chi connectivity index (χ4v) is 2.99. The van der Waals surface area contributed by atoms with Crippen LogP contribution in [-0.2, 0) is 0 Å². The highest BCUT2D eigenvalue weighted by molar-refractivity contribution is 5.94. The molecule has 0 unspecified atom stereocenters. The van der Waals surface area contributed by atoms with Gasteiger partial charge in [0.1, 0.15) is 5.82 Å². The van der Waals surface area contributed by atoms with E-state index in [4.69, 9.17) is 15.2 Å². The maximum Gasteiger partial charge on any atom is 0.163 e. The van der Waals surface area contributed by atoms with Gasteiger partial charge in [0, 0.05) is 37.4 Å². The number of pyridine rings is 1. The van der Waals surface area contributed by atoms with Gasteiger partial charge in [-0.1, -0.05) is 18.2 Å². The van der Waals surface area contributed by atoms with Crippen molar-refractivity contribution in [1.29, 1.82) is 0 Å². The lowest BCUT2D eigenvalue weighted by atomic mass is 10.0. The summed E-state index contributed by atoms with van der Waals surface area (Å²) in [7, 11) is 3.95. The summed E-state index contributed by atoms with van der Waals surface area (Å²) in [5, 5.41) is 9.96. The summed E-state index contributed by atoms with van der Waals surface area (Å²) in [5.41, 5.74) is 6.68. The molecule has 134 valence electrons. The lowest BCUT2D eigenvalue weighted by Gasteiger charge is -2.16. The Morgan fingerprint density at radius 1 is 0.889 bits per heavy atom. The SMILES string of the molecule is CN(C)c1nc(-c2cccnc2)nc2ccc(-c3ccc(NO)cc3)cc12. The van der Waals surface area contributed by atoms with Crippen molar-refractivity contribution in [3.8, 4) is 22.5 Å². The molecule has 0 aliphatic carbocycles. The van der Waals surface area contributed by atoms with Gasteiger partial charge < -0.3 is 4.90 Å². The molecule has 6 heteroatoms. The lowest BCUT2D eigenvalue weighted by molar-refractivity contribution is 0.389. The van der Waals surface area contributed by atoms with Crippen molar-refractivity contribution in [3.63, 3.8) is 0 Å². The number of aromatic nitrogens is 3. The second kappa shape index (κ2) is 7.01. The van der Waals surface area contributed by atoms with Gasteiger partial charge in [-0.05, 0) is 47.5 Å². The van der Waals surface area contributed by atoms with Crippen molar-refractivity contribution in [2.45, 2.75) is 0 Å². The molecule has 0 atom stereocenters. The number of hydrogen-bond donors (Lipinski definition) is 2. The van der Waals surface area contributed by atoms with E-state index in [1.165, 1.54) is 0 Å². The summed E-state index contributed by atoms with van der Waals surface area (Å²) in [5.74, 6) is 1.51. The summed E-state index contributed by atoms with van der Waals surface area (Å²) >= 11 is 0. The van der Waals surface area contributed by atoms with Gasteiger partial charge in [-0.2, -0.15) is 0 Å². The predicted molar refractivity (Wildman–Crippen MR) is 108 cm³/mol. The molecule has 0 amide bonds. The lowest BCUT2D eigenvalue weighted by Crippen LogP contribution is -2.12. The number of nitrogens with one attached hydrogen (secondary N) is 1. The van der Waals surface area contributed by atoms with Crippen LogP contribution in [0.25, 0.3) is 33.4 Å². The van der Waals surface area contributed by atoms with Gasteiger partial charge >= 0.3 is 0 Å². The predicted octanol–water partition coefficient (Wildman–Crippen LogP) is 4.23. The third-order valence-electron chi connectivity index (χ3n) is 4.37. The van der Waals surface area contributed by atoms with Crippen molar-refractivity contribution in [1.82, 2.24) is 15.0 Å². The van der Waals surface area contributed by atoms with Gasteiger partial charge in [-0.15, -0.1) is 0 Å². The Kier molecular flexibility index (Phi) is 4.40. The monoisotopic (exact) mass is 357 g/mol. The van der Waals surface area contributed by atoms with E-state index in [0.717, 1.165) is 33.4 Å². The first-order valence-electron chi connectivity index (χ1n) is 8.56. The third-order valence-corrected chi connectivity index (χ3v) is 4.37. The summed E-state index contributed by atoms with van der Waals surface area (Å²) in [6.45, 7) is 0. The first kappa shape index (κ1) is 16.9. The molecule has 0 bridgehead atoms. The summed E-state index contributed by atoms with van der Waals surface area (Å²) < 4.78 is 0. The number of benzene rings is 2. The van der Waals surface area contributed by atoms with Crippen LogP contribution in [0, 0.1) is 0 Å². The molecule has 0 fully saturated rings. The Morgan fingerprint density at radius 3 is 2.33 bits per heavy atom. The van der Waals surface area contributed by atoms with E-state index in [0.29, 0.717) is 11.5 Å². The van der Waals surface area contributed by atoms with Gasteiger partial charge in [0.25, 0.3) is 0 Å². The maximum atomic E-state index is 8.98. The first-order valence-corrected chi connectivity index (χ1v) is 8.56. The summed E-state index contributed by atoms with van der Waals surface area (Å²) in [4.78, 5) is 15.7. The van der Waals surface area contributed by atoms with Crippen LogP contribution in [-0.4, -0.2) is 34.3 Å². The number of rotatable bonds is 4. The molecular weight excluding hydrogens is 338 g/mol. The third kappa shape index (κ3) is 3.30. The second-order valence-corrected chi connectivity index (χ2v) is 6.43. The van der Waals surface area contributed by atoms with E-state index in [-0.39, 0.29) is 0 Å². The maximum absolute atomic E-state index is 8.98. The van der Waals surface area contributed by atoms with Crippen molar-refractivity contribution >= 4 is 22.4 Å². The van der Waals surface area contributed by atoms with Crippen molar-refractivity contribution in [2.75, 3.05) is 24.5 Å². The van der Waals surface area contributed by atoms with Gasteiger partial charge in [-0.25, -0.2) is 9.97 Å². The highest BCUT2D eigenvalue weighted by atomic mass is 16.5. The zero-order valence-electron chi connectivity index (χ0n) is 15.1. The van der Waals surface area contributed by atoms with E-state index in [1.807, 2.05) is 67.5 Å². The van der Waals surface area contributed by atoms with Crippen LogP contribution in [0.5, 0.6) is 0 Å². The van der Waals surface area contributed by atoms with Crippen LogP contribution in [0.1, 0.15) is 0 Å². The van der Waals surface area contributed by atoms with Crippen LogP contribution < -0.4 is 10.4 Å². The fourth-order valence-electron chi connectivity index (χ4n) is 2.99. The Hall–Kier alpha value is -3.51. The highest BCUT2D eigenvalue weighted by Gasteiger charge is 2.12. The number of anilines is 2. The fraction of sp³-hybridized carbons (Fsp3) is 0.0952. The quantitative estimate of drug-likeness (QED) is 0.533. The van der Waals surface area contributed by atoms with Crippen molar-refractivity contribution in [2.24, 2.45) is 0 Å². The van der Waals surface area contributed by atoms with Gasteiger partial charge in [-0.3, -0.25) is 15.7 Å². The molecular formula is C21H19N5O. The molecule has 4 rings (SSSR count). The van der Waals surface area contributed by atoms with Crippen molar-refractivity contribution in [3.05, 3.63) is 67.0 Å². The summed E-state index contributed by atoms with van der Waals surface area (Å²) in [6.07, 6.45) is 3.51. The Balaban J connectivity index is 1.86. The van der Waals surface area contributed by atoms with E-state index >= 15 is 0 Å². The normalized spacial score (nSPS) is 10.8. The number of hydrogen-bond acceptors (Lipinski definition) is 6. The molecule has 0 saturated heterocycles. The number of fused-ring (bicyclic) bond motifs is 1. The second-order valence-electron chi connectivity index (χ2n) is 6.43. The molecule has 2 heterocycles. The van der Waals surface area contributed by atoms with Crippen LogP contribution in [0.2, 0.25) is 0 Å². The van der Waals surface area contributed by atoms with Crippen molar-refractivity contribution < 1.29 is 5.21 Å². The Labute approximate surface area is 157 Å². The minimum absolute atomic E-state index is 0.651. The molecule has 27 heavy (non-hydrogen) atoms. The topological polar surface area (TPSA) is 74.2 Å². The number of nitrogens with zero attached hydrogens (tertiary/aromatic N) is 4. The average Bonchev–Trinajstić information content (AvgIpc) is 2.73. The van der Waals surface area contributed by atoms with Crippen LogP contribution in [0.3, 0.4) is 0 Å². The summed E-state index contributed by atoms with van der Waals surface area (Å²) in [6, 6.07) is 17.6. The largest absolute Gasteiger partial charge is 0.362 e. The van der Waals surface area contributed by atoms with Gasteiger partial charge in [0.05, 0.1) is 11.2 Å². The first-order chi connectivity index (χ1) is 13.2. The zero-order valence-corrected chi connectivity index (χ0v) is 15.1. The van der Waals surface area contributed by atoms with Gasteiger partial charge in [0.15, 0.2) is 5.82 Å². The molecule has 0 spiro atoms. The van der Waals surface area contributed by atoms with E-state index in [2.05, 4.69) is 16.5 Å². The standard InChI is InChI=1S/C21H19N5O/c1-26(2)21-18-12-15(14-5-8-17(25-27)9-6-14)7-10-19(18)23-20(24-21)16-4-3-11-22-13-16/h3-13,25,27H,1-2H3. The van der Waals surface area contributed by atoms with E-state index in [9.17, 15) is 0 Å².